The van der Waals surface area contributed by atoms with Crippen LogP contribution in [0.2, 0.25) is 0 Å². The highest BCUT2D eigenvalue weighted by molar-refractivity contribution is 7.10. The predicted molar refractivity (Wildman–Crippen MR) is 73.3 cm³/mol. The van der Waals surface area contributed by atoms with Gasteiger partial charge in [0.1, 0.15) is 6.17 Å². The number of carbonyl (C=O) groups excluding carboxylic acids is 1. The molecule has 4 heteroatoms. The first-order chi connectivity index (χ1) is 8.64. The monoisotopic (exact) mass is 264 g/mol. The highest BCUT2D eigenvalue weighted by Gasteiger charge is 2.48. The fourth-order valence-corrected chi connectivity index (χ4v) is 3.35. The largest absolute Gasteiger partial charge is 0.320 e. The zero-order valence-corrected chi connectivity index (χ0v) is 11.8. The van der Waals surface area contributed by atoms with Crippen LogP contribution in [-0.4, -0.2) is 22.9 Å². The molecule has 0 bridgehead atoms. The van der Waals surface area contributed by atoms with Gasteiger partial charge in [-0.15, -0.1) is 11.3 Å². The van der Waals surface area contributed by atoms with Gasteiger partial charge in [-0.05, 0) is 43.6 Å². The van der Waals surface area contributed by atoms with Crippen LogP contribution in [0.3, 0.4) is 0 Å². The molecular weight excluding hydrogens is 244 g/mol. The van der Waals surface area contributed by atoms with Crippen LogP contribution in [0.15, 0.2) is 17.5 Å². The molecule has 18 heavy (non-hydrogen) atoms. The second-order valence-corrected chi connectivity index (χ2v) is 6.63. The van der Waals surface area contributed by atoms with Crippen molar-refractivity contribution in [3.8, 4) is 0 Å². The lowest BCUT2D eigenvalue weighted by atomic mass is 9.99. The first-order valence-corrected chi connectivity index (χ1v) is 7.64. The Morgan fingerprint density at radius 1 is 1.56 bits per heavy atom. The summed E-state index contributed by atoms with van der Waals surface area (Å²) in [6, 6.07) is 4.18. The molecular formula is C14H20N2OS. The Kier molecular flexibility index (Phi) is 2.94. The molecule has 2 heterocycles. The van der Waals surface area contributed by atoms with E-state index >= 15 is 0 Å². The van der Waals surface area contributed by atoms with Crippen molar-refractivity contribution in [1.29, 1.82) is 0 Å². The van der Waals surface area contributed by atoms with Crippen molar-refractivity contribution < 1.29 is 4.79 Å². The second-order valence-electron chi connectivity index (χ2n) is 5.65. The average molecular weight is 264 g/mol. The summed E-state index contributed by atoms with van der Waals surface area (Å²) < 4.78 is 0. The molecule has 0 spiro atoms. The summed E-state index contributed by atoms with van der Waals surface area (Å²) in [5.74, 6) is 1.01. The fourth-order valence-electron chi connectivity index (χ4n) is 2.57. The van der Waals surface area contributed by atoms with Gasteiger partial charge in [0.15, 0.2) is 0 Å². The van der Waals surface area contributed by atoms with Gasteiger partial charge in [0.25, 0.3) is 0 Å². The Hall–Kier alpha value is -0.870. The molecule has 1 aromatic heterocycles. The van der Waals surface area contributed by atoms with Gasteiger partial charge in [-0.1, -0.05) is 13.0 Å². The SMILES string of the molecule is CCC1(C)NC(c2cccs2)N(CC2CC2)C1=O. The molecule has 1 saturated carbocycles. The lowest BCUT2D eigenvalue weighted by Crippen LogP contribution is -2.43. The van der Waals surface area contributed by atoms with E-state index < -0.39 is 0 Å². The van der Waals surface area contributed by atoms with E-state index in [-0.39, 0.29) is 17.6 Å². The minimum Gasteiger partial charge on any atom is -0.320 e. The molecule has 2 aliphatic rings. The number of thiophene rings is 1. The predicted octanol–water partition coefficient (Wildman–Crippen LogP) is 2.76. The normalized spacial score (nSPS) is 32.2. The van der Waals surface area contributed by atoms with Crippen molar-refractivity contribution in [2.45, 2.75) is 44.8 Å². The van der Waals surface area contributed by atoms with E-state index in [1.807, 2.05) is 6.92 Å². The number of nitrogens with zero attached hydrogens (tertiary/aromatic N) is 1. The second kappa shape index (κ2) is 4.35. The maximum absolute atomic E-state index is 12.6. The van der Waals surface area contributed by atoms with Crippen molar-refractivity contribution in [2.75, 3.05) is 6.54 Å². The number of carbonyl (C=O) groups is 1. The van der Waals surface area contributed by atoms with Crippen molar-refractivity contribution >= 4 is 17.2 Å². The van der Waals surface area contributed by atoms with Crippen LogP contribution in [0.25, 0.3) is 0 Å². The number of rotatable bonds is 4. The van der Waals surface area contributed by atoms with Crippen molar-refractivity contribution in [3.05, 3.63) is 22.4 Å². The molecule has 0 aromatic carbocycles. The Morgan fingerprint density at radius 3 is 2.89 bits per heavy atom. The highest BCUT2D eigenvalue weighted by atomic mass is 32.1. The third-order valence-corrected chi connectivity index (χ3v) is 5.10. The van der Waals surface area contributed by atoms with Gasteiger partial charge in [0.05, 0.1) is 5.54 Å². The van der Waals surface area contributed by atoms with Gasteiger partial charge in [-0.25, -0.2) is 0 Å². The molecule has 2 fully saturated rings. The zero-order chi connectivity index (χ0) is 12.8. The minimum absolute atomic E-state index is 0.0862. The van der Waals surface area contributed by atoms with Crippen LogP contribution < -0.4 is 5.32 Å². The Balaban J connectivity index is 1.88. The molecule has 1 aromatic rings. The quantitative estimate of drug-likeness (QED) is 0.907. The van der Waals surface area contributed by atoms with Gasteiger partial charge in [-0.3, -0.25) is 10.1 Å². The highest BCUT2D eigenvalue weighted by Crippen LogP contribution is 2.38. The van der Waals surface area contributed by atoms with Crippen LogP contribution in [0.4, 0.5) is 0 Å². The number of hydrogen-bond acceptors (Lipinski definition) is 3. The zero-order valence-electron chi connectivity index (χ0n) is 11.0. The lowest BCUT2D eigenvalue weighted by Gasteiger charge is -2.23. The average Bonchev–Trinajstić information content (AvgIpc) is 2.95. The molecule has 3 rings (SSSR count). The third kappa shape index (κ3) is 1.97. The Bertz CT molecular complexity index is 441. The van der Waals surface area contributed by atoms with E-state index in [0.29, 0.717) is 0 Å². The number of amides is 1. The van der Waals surface area contributed by atoms with Gasteiger partial charge < -0.3 is 4.90 Å². The van der Waals surface area contributed by atoms with E-state index in [1.54, 1.807) is 11.3 Å². The maximum atomic E-state index is 12.6. The smallest absolute Gasteiger partial charge is 0.244 e. The third-order valence-electron chi connectivity index (χ3n) is 4.17. The molecule has 0 radical (unpaired) electrons. The Labute approximate surface area is 112 Å². The maximum Gasteiger partial charge on any atom is 0.244 e. The van der Waals surface area contributed by atoms with Crippen LogP contribution in [0.1, 0.15) is 44.2 Å². The summed E-state index contributed by atoms with van der Waals surface area (Å²) in [7, 11) is 0. The summed E-state index contributed by atoms with van der Waals surface area (Å²) in [6.45, 7) is 5.03. The standard InChI is InChI=1S/C14H20N2OS/c1-3-14(2)13(17)16(9-10-6-7-10)12(15-14)11-5-4-8-18-11/h4-5,8,10,12,15H,3,6-7,9H2,1-2H3. The van der Waals surface area contributed by atoms with Crippen molar-refractivity contribution in [2.24, 2.45) is 5.92 Å². The summed E-state index contributed by atoms with van der Waals surface area (Å²) in [6.07, 6.45) is 3.49. The van der Waals surface area contributed by atoms with E-state index in [9.17, 15) is 4.79 Å². The van der Waals surface area contributed by atoms with Crippen molar-refractivity contribution in [1.82, 2.24) is 10.2 Å². The van der Waals surface area contributed by atoms with Gasteiger partial charge in [0.2, 0.25) is 5.91 Å². The van der Waals surface area contributed by atoms with Gasteiger partial charge in [0, 0.05) is 11.4 Å². The first kappa shape index (κ1) is 12.2. The van der Waals surface area contributed by atoms with Crippen LogP contribution in [0, 0.1) is 5.92 Å². The first-order valence-electron chi connectivity index (χ1n) is 6.76. The molecule has 2 atom stereocenters. The van der Waals surface area contributed by atoms with E-state index in [2.05, 4.69) is 34.7 Å². The van der Waals surface area contributed by atoms with E-state index in [0.717, 1.165) is 18.9 Å². The van der Waals surface area contributed by atoms with Crippen LogP contribution in [0.5, 0.6) is 0 Å². The molecule has 1 saturated heterocycles. The molecule has 1 N–H and O–H groups in total. The van der Waals surface area contributed by atoms with Crippen LogP contribution in [-0.2, 0) is 4.79 Å². The summed E-state index contributed by atoms with van der Waals surface area (Å²) in [5.41, 5.74) is -0.385. The summed E-state index contributed by atoms with van der Waals surface area (Å²) in [4.78, 5) is 15.9. The number of nitrogens with one attached hydrogen (secondary N) is 1. The Morgan fingerprint density at radius 2 is 2.33 bits per heavy atom. The van der Waals surface area contributed by atoms with E-state index in [1.165, 1.54) is 17.7 Å². The molecule has 3 nitrogen and oxygen atoms in total. The minimum atomic E-state index is -0.385. The molecule has 1 amide bonds. The van der Waals surface area contributed by atoms with Crippen LogP contribution >= 0.6 is 11.3 Å². The summed E-state index contributed by atoms with van der Waals surface area (Å²) in [5, 5.41) is 5.62. The molecule has 1 aliphatic heterocycles. The lowest BCUT2D eigenvalue weighted by molar-refractivity contribution is -0.133. The molecule has 2 unspecified atom stereocenters. The fraction of sp³-hybridized carbons (Fsp3) is 0.643. The van der Waals surface area contributed by atoms with Gasteiger partial charge >= 0.3 is 0 Å². The summed E-state index contributed by atoms with van der Waals surface area (Å²) >= 11 is 1.73. The van der Waals surface area contributed by atoms with Crippen molar-refractivity contribution in [3.63, 3.8) is 0 Å². The van der Waals surface area contributed by atoms with E-state index in [4.69, 9.17) is 0 Å². The number of hydrogen-bond donors (Lipinski definition) is 1. The molecule has 98 valence electrons. The topological polar surface area (TPSA) is 32.3 Å². The van der Waals surface area contributed by atoms with Gasteiger partial charge in [-0.2, -0.15) is 0 Å². The molecule has 1 aliphatic carbocycles.